The number of guanidine groups is 1. The average molecular weight is 417 g/mol. The Hall–Kier alpha value is -3.49. The summed E-state index contributed by atoms with van der Waals surface area (Å²) in [5.74, 6) is 0.915. The standard InChI is InChI=1S/C21H22F3N5O/c22-21(23,24)30-18-8-6-16(7-9-18)14-28-20(25)27-11-10-19-26-12-13-29(19)15-17-4-2-1-3-5-17/h1-9,12-13H,10-11,14-15H2,(H3,25,27,28). The number of hydrogen-bond donors (Lipinski definition) is 2. The molecule has 1 heterocycles. The molecule has 0 fully saturated rings. The Balaban J connectivity index is 1.45. The van der Waals surface area contributed by atoms with Crippen molar-refractivity contribution in [3.05, 3.63) is 83.9 Å². The van der Waals surface area contributed by atoms with E-state index in [-0.39, 0.29) is 18.3 Å². The summed E-state index contributed by atoms with van der Waals surface area (Å²) < 4.78 is 42.4. The molecular formula is C21H22F3N5O. The van der Waals surface area contributed by atoms with Gasteiger partial charge in [-0.25, -0.2) is 9.98 Å². The molecule has 3 aromatic rings. The number of aromatic nitrogens is 2. The summed E-state index contributed by atoms with van der Waals surface area (Å²) in [6.07, 6.45) is -0.336. The summed E-state index contributed by atoms with van der Waals surface area (Å²) in [5.41, 5.74) is 7.78. The number of imidazole rings is 1. The van der Waals surface area contributed by atoms with Crippen LogP contribution in [0.5, 0.6) is 5.75 Å². The van der Waals surface area contributed by atoms with E-state index < -0.39 is 6.36 Å². The van der Waals surface area contributed by atoms with Gasteiger partial charge in [0.25, 0.3) is 0 Å². The first kappa shape index (κ1) is 21.2. The van der Waals surface area contributed by atoms with E-state index in [1.54, 1.807) is 6.20 Å². The van der Waals surface area contributed by atoms with Crippen LogP contribution in [0.15, 0.2) is 72.0 Å². The highest BCUT2D eigenvalue weighted by molar-refractivity contribution is 5.77. The molecule has 0 saturated carbocycles. The number of hydrogen-bond acceptors (Lipinski definition) is 3. The van der Waals surface area contributed by atoms with E-state index in [1.165, 1.54) is 29.8 Å². The highest BCUT2D eigenvalue weighted by Gasteiger charge is 2.30. The summed E-state index contributed by atoms with van der Waals surface area (Å²) in [4.78, 5) is 8.59. The zero-order valence-corrected chi connectivity index (χ0v) is 16.1. The molecule has 1 aromatic heterocycles. The number of halogens is 3. The lowest BCUT2D eigenvalue weighted by Gasteiger charge is -2.10. The van der Waals surface area contributed by atoms with Crippen molar-refractivity contribution in [3.8, 4) is 5.75 Å². The summed E-state index contributed by atoms with van der Waals surface area (Å²) >= 11 is 0. The van der Waals surface area contributed by atoms with E-state index in [1.807, 2.05) is 24.4 Å². The van der Waals surface area contributed by atoms with E-state index in [2.05, 4.69) is 36.7 Å². The molecule has 3 rings (SSSR count). The molecule has 0 aliphatic carbocycles. The number of aliphatic imine (C=N–C) groups is 1. The first-order valence-corrected chi connectivity index (χ1v) is 9.31. The normalized spacial score (nSPS) is 12.0. The second kappa shape index (κ2) is 9.82. The van der Waals surface area contributed by atoms with Crippen LogP contribution >= 0.6 is 0 Å². The van der Waals surface area contributed by atoms with Crippen LogP contribution in [0.25, 0.3) is 0 Å². The molecule has 30 heavy (non-hydrogen) atoms. The second-order valence-corrected chi connectivity index (χ2v) is 6.53. The summed E-state index contributed by atoms with van der Waals surface area (Å²) in [7, 11) is 0. The molecule has 0 aliphatic rings. The minimum absolute atomic E-state index is 0.244. The smallest absolute Gasteiger partial charge is 0.406 e. The lowest BCUT2D eigenvalue weighted by atomic mass is 10.2. The zero-order chi connectivity index (χ0) is 21.4. The number of nitrogens with zero attached hydrogens (tertiary/aromatic N) is 3. The van der Waals surface area contributed by atoms with Crippen molar-refractivity contribution in [1.29, 1.82) is 0 Å². The molecule has 0 aliphatic heterocycles. The number of benzene rings is 2. The molecule has 0 unspecified atom stereocenters. The molecule has 158 valence electrons. The Morgan fingerprint density at radius 1 is 1.07 bits per heavy atom. The van der Waals surface area contributed by atoms with E-state index in [0.717, 1.165) is 12.4 Å². The van der Waals surface area contributed by atoms with E-state index >= 15 is 0 Å². The highest BCUT2D eigenvalue weighted by atomic mass is 19.4. The van der Waals surface area contributed by atoms with Gasteiger partial charge in [-0.1, -0.05) is 42.5 Å². The van der Waals surface area contributed by atoms with Gasteiger partial charge in [-0.3, -0.25) is 0 Å². The largest absolute Gasteiger partial charge is 0.573 e. The Bertz CT molecular complexity index is 953. The maximum absolute atomic E-state index is 12.2. The third-order valence-electron chi connectivity index (χ3n) is 4.24. The molecule has 0 bridgehead atoms. The first-order valence-electron chi connectivity index (χ1n) is 9.31. The summed E-state index contributed by atoms with van der Waals surface area (Å²) in [6.45, 7) is 1.54. The van der Waals surface area contributed by atoms with E-state index in [0.29, 0.717) is 18.5 Å². The molecular weight excluding hydrogens is 395 g/mol. The van der Waals surface area contributed by atoms with Gasteiger partial charge >= 0.3 is 6.36 Å². The molecule has 0 saturated heterocycles. The molecule has 0 spiro atoms. The van der Waals surface area contributed by atoms with Crippen molar-refractivity contribution in [1.82, 2.24) is 14.9 Å². The number of nitrogens with two attached hydrogens (primary N) is 1. The van der Waals surface area contributed by atoms with Gasteiger partial charge in [0.15, 0.2) is 5.96 Å². The first-order chi connectivity index (χ1) is 14.4. The number of rotatable bonds is 8. The minimum Gasteiger partial charge on any atom is -0.406 e. The molecule has 2 aromatic carbocycles. The maximum atomic E-state index is 12.2. The van der Waals surface area contributed by atoms with Gasteiger partial charge in [0.1, 0.15) is 11.6 Å². The van der Waals surface area contributed by atoms with Crippen molar-refractivity contribution in [3.63, 3.8) is 0 Å². The van der Waals surface area contributed by atoms with Crippen LogP contribution in [0.3, 0.4) is 0 Å². The van der Waals surface area contributed by atoms with Gasteiger partial charge in [-0.15, -0.1) is 13.2 Å². The molecule has 0 atom stereocenters. The predicted octanol–water partition coefficient (Wildman–Crippen LogP) is 3.48. The fourth-order valence-corrected chi connectivity index (χ4v) is 2.82. The Morgan fingerprint density at radius 3 is 2.50 bits per heavy atom. The van der Waals surface area contributed by atoms with Crippen molar-refractivity contribution in [2.75, 3.05) is 6.54 Å². The third kappa shape index (κ3) is 6.84. The quantitative estimate of drug-likeness (QED) is 0.435. The van der Waals surface area contributed by atoms with Gasteiger partial charge in [0.05, 0.1) is 6.54 Å². The lowest BCUT2D eigenvalue weighted by Crippen LogP contribution is -2.33. The van der Waals surface area contributed by atoms with Crippen molar-refractivity contribution in [2.45, 2.75) is 25.9 Å². The molecule has 0 radical (unpaired) electrons. The second-order valence-electron chi connectivity index (χ2n) is 6.53. The Morgan fingerprint density at radius 2 is 1.80 bits per heavy atom. The monoisotopic (exact) mass is 417 g/mol. The van der Waals surface area contributed by atoms with Crippen LogP contribution in [-0.2, 0) is 19.5 Å². The zero-order valence-electron chi connectivity index (χ0n) is 16.1. The number of nitrogens with one attached hydrogen (secondary N) is 1. The van der Waals surface area contributed by atoms with Gasteiger partial charge in [-0.2, -0.15) is 0 Å². The summed E-state index contributed by atoms with van der Waals surface area (Å²) in [5, 5.41) is 3.03. The molecule has 3 N–H and O–H groups in total. The predicted molar refractivity (Wildman–Crippen MR) is 108 cm³/mol. The van der Waals surface area contributed by atoms with Crippen LogP contribution in [-0.4, -0.2) is 28.4 Å². The van der Waals surface area contributed by atoms with Crippen molar-refractivity contribution < 1.29 is 17.9 Å². The van der Waals surface area contributed by atoms with Crippen molar-refractivity contribution >= 4 is 5.96 Å². The molecule has 0 amide bonds. The number of alkyl halides is 3. The minimum atomic E-state index is -4.70. The number of ether oxygens (including phenoxy) is 1. The summed E-state index contributed by atoms with van der Waals surface area (Å²) in [6, 6.07) is 15.6. The van der Waals surface area contributed by atoms with Crippen LogP contribution in [0.1, 0.15) is 17.0 Å². The van der Waals surface area contributed by atoms with Gasteiger partial charge in [0, 0.05) is 31.9 Å². The van der Waals surface area contributed by atoms with Crippen LogP contribution in [0.2, 0.25) is 0 Å². The van der Waals surface area contributed by atoms with Gasteiger partial charge < -0.3 is 20.4 Å². The molecule has 6 nitrogen and oxygen atoms in total. The highest BCUT2D eigenvalue weighted by Crippen LogP contribution is 2.22. The Labute approximate surface area is 172 Å². The van der Waals surface area contributed by atoms with E-state index in [9.17, 15) is 13.2 Å². The average Bonchev–Trinajstić information content (AvgIpc) is 3.14. The fourth-order valence-electron chi connectivity index (χ4n) is 2.82. The van der Waals surface area contributed by atoms with Crippen molar-refractivity contribution in [2.24, 2.45) is 10.7 Å². The fraction of sp³-hybridized carbons (Fsp3) is 0.238. The van der Waals surface area contributed by atoms with Crippen LogP contribution in [0, 0.1) is 0 Å². The van der Waals surface area contributed by atoms with Crippen LogP contribution < -0.4 is 15.8 Å². The van der Waals surface area contributed by atoms with Gasteiger partial charge in [0.2, 0.25) is 0 Å². The third-order valence-corrected chi connectivity index (χ3v) is 4.24. The maximum Gasteiger partial charge on any atom is 0.573 e. The Kier molecular flexibility index (Phi) is 6.95. The lowest BCUT2D eigenvalue weighted by molar-refractivity contribution is -0.274. The molecule has 9 heteroatoms. The van der Waals surface area contributed by atoms with Crippen LogP contribution in [0.4, 0.5) is 13.2 Å². The topological polar surface area (TPSA) is 77.5 Å². The SMILES string of the molecule is NC(=NCc1ccc(OC(F)(F)F)cc1)NCCc1nccn1Cc1ccccc1. The van der Waals surface area contributed by atoms with Gasteiger partial charge in [-0.05, 0) is 23.3 Å². The van der Waals surface area contributed by atoms with E-state index in [4.69, 9.17) is 5.73 Å².